The Hall–Kier alpha value is -2.53. The highest BCUT2D eigenvalue weighted by molar-refractivity contribution is 6.30. The Morgan fingerprint density at radius 2 is 1.77 bits per heavy atom. The zero-order valence-corrected chi connectivity index (χ0v) is 16.0. The van der Waals surface area contributed by atoms with Gasteiger partial charge >= 0.3 is 0 Å². The minimum absolute atomic E-state index is 0.323. The van der Waals surface area contributed by atoms with Crippen LogP contribution in [-0.2, 0) is 4.79 Å². The Kier molecular flexibility index (Phi) is 7.48. The second-order valence-electron chi connectivity index (χ2n) is 5.71. The normalized spacial score (nSPS) is 12.0. The zero-order valence-electron chi connectivity index (χ0n) is 15.3. The molecule has 2 aromatic carbocycles. The zero-order chi connectivity index (χ0) is 18.9. The Morgan fingerprint density at radius 3 is 2.35 bits per heavy atom. The summed E-state index contributed by atoms with van der Waals surface area (Å²) >= 11 is 5.82. The molecule has 1 N–H and O–H groups in total. The maximum atomic E-state index is 12.0. The lowest BCUT2D eigenvalue weighted by Gasteiger charge is -2.20. The molecule has 0 saturated carbocycles. The molecule has 0 saturated heterocycles. The van der Waals surface area contributed by atoms with E-state index in [2.05, 4.69) is 29.3 Å². The standard InChI is InChI=1S/C20H24ClN3O2/c1-4-24(5-2)18-10-6-16(7-11-18)14-22-23-20(25)15(3)26-19-12-8-17(21)9-13-19/h6-15H,4-5H2,1-3H3,(H,23,25)/t15-/m1/s1. The smallest absolute Gasteiger partial charge is 0.280 e. The first-order valence-electron chi connectivity index (χ1n) is 8.63. The van der Waals surface area contributed by atoms with Gasteiger partial charge in [0.05, 0.1) is 6.21 Å². The van der Waals surface area contributed by atoms with E-state index in [1.807, 2.05) is 24.3 Å². The van der Waals surface area contributed by atoms with Crippen LogP contribution in [0.5, 0.6) is 5.75 Å². The van der Waals surface area contributed by atoms with Gasteiger partial charge in [-0.15, -0.1) is 0 Å². The highest BCUT2D eigenvalue weighted by Crippen LogP contribution is 2.17. The maximum absolute atomic E-state index is 12.0. The lowest BCUT2D eigenvalue weighted by Crippen LogP contribution is -2.33. The molecule has 26 heavy (non-hydrogen) atoms. The van der Waals surface area contributed by atoms with Crippen LogP contribution in [-0.4, -0.2) is 31.3 Å². The maximum Gasteiger partial charge on any atom is 0.280 e. The van der Waals surface area contributed by atoms with Crippen LogP contribution in [0.3, 0.4) is 0 Å². The molecule has 0 radical (unpaired) electrons. The molecular formula is C20H24ClN3O2. The largest absolute Gasteiger partial charge is 0.481 e. The number of carbonyl (C=O) groups excluding carboxylic acids is 1. The molecule has 5 nitrogen and oxygen atoms in total. The lowest BCUT2D eigenvalue weighted by molar-refractivity contribution is -0.127. The number of amides is 1. The van der Waals surface area contributed by atoms with Crippen molar-refractivity contribution in [3.8, 4) is 5.75 Å². The third kappa shape index (κ3) is 5.77. The summed E-state index contributed by atoms with van der Waals surface area (Å²) in [7, 11) is 0. The third-order valence-corrected chi connectivity index (χ3v) is 4.16. The van der Waals surface area contributed by atoms with Crippen molar-refractivity contribution in [2.75, 3.05) is 18.0 Å². The second-order valence-corrected chi connectivity index (χ2v) is 6.15. The highest BCUT2D eigenvalue weighted by Gasteiger charge is 2.13. The molecule has 0 spiro atoms. The van der Waals surface area contributed by atoms with Crippen LogP contribution in [0.15, 0.2) is 53.6 Å². The van der Waals surface area contributed by atoms with Gasteiger partial charge in [-0.2, -0.15) is 5.10 Å². The molecule has 0 aliphatic rings. The van der Waals surface area contributed by atoms with Gasteiger partial charge in [0.2, 0.25) is 0 Å². The molecular weight excluding hydrogens is 350 g/mol. The summed E-state index contributed by atoms with van der Waals surface area (Å²) in [5.41, 5.74) is 4.57. The number of ether oxygens (including phenoxy) is 1. The van der Waals surface area contributed by atoms with Gasteiger partial charge in [0.15, 0.2) is 6.10 Å². The van der Waals surface area contributed by atoms with Crippen molar-refractivity contribution < 1.29 is 9.53 Å². The molecule has 0 bridgehead atoms. The highest BCUT2D eigenvalue weighted by atomic mass is 35.5. The predicted molar refractivity (Wildman–Crippen MR) is 107 cm³/mol. The van der Waals surface area contributed by atoms with Crippen molar-refractivity contribution in [1.82, 2.24) is 5.43 Å². The molecule has 1 amide bonds. The molecule has 0 aliphatic carbocycles. The fourth-order valence-electron chi connectivity index (χ4n) is 2.39. The summed E-state index contributed by atoms with van der Waals surface area (Å²) in [6, 6.07) is 14.9. The number of nitrogens with one attached hydrogen (secondary N) is 1. The number of rotatable bonds is 8. The minimum atomic E-state index is -0.668. The van der Waals surface area contributed by atoms with Crippen molar-refractivity contribution in [2.24, 2.45) is 5.10 Å². The average Bonchev–Trinajstić information content (AvgIpc) is 2.65. The SMILES string of the molecule is CCN(CC)c1ccc(C=NNC(=O)[C@@H](C)Oc2ccc(Cl)cc2)cc1. The van der Waals surface area contributed by atoms with E-state index < -0.39 is 6.10 Å². The molecule has 0 heterocycles. The van der Waals surface area contributed by atoms with Crippen molar-refractivity contribution in [2.45, 2.75) is 26.9 Å². The quantitative estimate of drug-likeness (QED) is 0.559. The summed E-state index contributed by atoms with van der Waals surface area (Å²) < 4.78 is 5.55. The Bertz CT molecular complexity index is 726. The van der Waals surface area contributed by atoms with E-state index in [9.17, 15) is 4.79 Å². The van der Waals surface area contributed by atoms with Gasteiger partial charge in [0, 0.05) is 23.8 Å². The number of carbonyl (C=O) groups is 1. The van der Waals surface area contributed by atoms with Crippen molar-refractivity contribution >= 4 is 29.4 Å². The van der Waals surface area contributed by atoms with Gasteiger partial charge in [-0.25, -0.2) is 5.43 Å². The first kappa shape index (κ1) is 19.8. The summed E-state index contributed by atoms with van der Waals surface area (Å²) in [5.74, 6) is 0.254. The van der Waals surface area contributed by atoms with E-state index in [0.29, 0.717) is 10.8 Å². The average molecular weight is 374 g/mol. The van der Waals surface area contributed by atoms with Gasteiger partial charge in [0.25, 0.3) is 5.91 Å². The van der Waals surface area contributed by atoms with Crippen LogP contribution in [0.4, 0.5) is 5.69 Å². The first-order chi connectivity index (χ1) is 12.5. The predicted octanol–water partition coefficient (Wildman–Crippen LogP) is 4.10. The van der Waals surface area contributed by atoms with Crippen LogP contribution in [0.1, 0.15) is 26.3 Å². The van der Waals surface area contributed by atoms with E-state index in [4.69, 9.17) is 16.3 Å². The summed E-state index contributed by atoms with van der Waals surface area (Å²) in [6.45, 7) is 7.85. The van der Waals surface area contributed by atoms with E-state index in [1.165, 1.54) is 5.69 Å². The molecule has 2 rings (SSSR count). The van der Waals surface area contributed by atoms with E-state index in [1.54, 1.807) is 37.4 Å². The number of hydrogen-bond acceptors (Lipinski definition) is 4. The number of nitrogens with zero attached hydrogens (tertiary/aromatic N) is 2. The monoisotopic (exact) mass is 373 g/mol. The number of halogens is 1. The molecule has 6 heteroatoms. The van der Waals surface area contributed by atoms with Crippen LogP contribution in [0.2, 0.25) is 5.02 Å². The molecule has 0 fully saturated rings. The Balaban J connectivity index is 1.86. The summed E-state index contributed by atoms with van der Waals surface area (Å²) in [5, 5.41) is 4.61. The van der Waals surface area contributed by atoms with Gasteiger partial charge < -0.3 is 9.64 Å². The third-order valence-electron chi connectivity index (χ3n) is 3.91. The molecule has 0 aromatic heterocycles. The summed E-state index contributed by atoms with van der Waals surface area (Å²) in [6.07, 6.45) is 0.942. The second kappa shape index (κ2) is 9.82. The Labute approximate surface area is 159 Å². The summed E-state index contributed by atoms with van der Waals surface area (Å²) in [4.78, 5) is 14.3. The van der Waals surface area contributed by atoms with Crippen LogP contribution < -0.4 is 15.1 Å². The molecule has 0 unspecified atom stereocenters. The van der Waals surface area contributed by atoms with E-state index in [-0.39, 0.29) is 5.91 Å². The molecule has 1 atom stereocenters. The fraction of sp³-hybridized carbons (Fsp3) is 0.300. The van der Waals surface area contributed by atoms with E-state index >= 15 is 0 Å². The number of hydrazone groups is 1. The topological polar surface area (TPSA) is 53.9 Å². The first-order valence-corrected chi connectivity index (χ1v) is 9.01. The van der Waals surface area contributed by atoms with Gasteiger partial charge in [-0.05, 0) is 62.7 Å². The van der Waals surface area contributed by atoms with Gasteiger partial charge in [0.1, 0.15) is 5.75 Å². The number of hydrogen-bond donors (Lipinski definition) is 1. The molecule has 2 aromatic rings. The van der Waals surface area contributed by atoms with E-state index in [0.717, 1.165) is 18.7 Å². The van der Waals surface area contributed by atoms with Crippen molar-refractivity contribution in [3.05, 3.63) is 59.1 Å². The number of anilines is 1. The van der Waals surface area contributed by atoms with Crippen LogP contribution in [0.25, 0.3) is 0 Å². The minimum Gasteiger partial charge on any atom is -0.481 e. The lowest BCUT2D eigenvalue weighted by atomic mass is 10.2. The fourth-order valence-corrected chi connectivity index (χ4v) is 2.52. The Morgan fingerprint density at radius 1 is 1.15 bits per heavy atom. The molecule has 0 aliphatic heterocycles. The van der Waals surface area contributed by atoms with Crippen molar-refractivity contribution in [1.29, 1.82) is 0 Å². The van der Waals surface area contributed by atoms with Crippen molar-refractivity contribution in [3.63, 3.8) is 0 Å². The van der Waals surface area contributed by atoms with Crippen LogP contribution >= 0.6 is 11.6 Å². The number of benzene rings is 2. The van der Waals surface area contributed by atoms with Gasteiger partial charge in [-0.3, -0.25) is 4.79 Å². The van der Waals surface area contributed by atoms with Gasteiger partial charge in [-0.1, -0.05) is 23.7 Å². The van der Waals surface area contributed by atoms with Crippen LogP contribution in [0, 0.1) is 0 Å². The molecule has 138 valence electrons.